The van der Waals surface area contributed by atoms with Crippen LogP contribution in [0.4, 0.5) is 5.13 Å². The van der Waals surface area contributed by atoms with Crippen molar-refractivity contribution in [3.05, 3.63) is 53.1 Å². The molecule has 0 N–H and O–H groups in total. The molecule has 140 valence electrons. The average molecular weight is 382 g/mol. The summed E-state index contributed by atoms with van der Waals surface area (Å²) in [6.07, 6.45) is 0. The molecule has 1 fully saturated rings. The normalized spacial score (nSPS) is 14.6. The molecular formula is C21H23N3O2S. The van der Waals surface area contributed by atoms with Gasteiger partial charge in [0.1, 0.15) is 11.3 Å². The summed E-state index contributed by atoms with van der Waals surface area (Å²) in [5.41, 5.74) is 3.96. The molecule has 27 heavy (non-hydrogen) atoms. The topological polar surface area (TPSA) is 45.7 Å². The molecule has 1 aliphatic heterocycles. The number of anilines is 1. The van der Waals surface area contributed by atoms with Crippen molar-refractivity contribution in [1.82, 2.24) is 9.88 Å². The van der Waals surface area contributed by atoms with Gasteiger partial charge >= 0.3 is 0 Å². The summed E-state index contributed by atoms with van der Waals surface area (Å²) < 4.78 is 6.63. The van der Waals surface area contributed by atoms with Crippen molar-refractivity contribution < 1.29 is 9.53 Å². The highest BCUT2D eigenvalue weighted by molar-refractivity contribution is 7.22. The SMILES string of the molecule is COc1ccc(C)c2sc(N3CCN(C(=O)c4ccccc4C)CC3)nc12. The minimum atomic E-state index is 0.120. The summed E-state index contributed by atoms with van der Waals surface area (Å²) in [6.45, 7) is 7.08. The van der Waals surface area contributed by atoms with Crippen molar-refractivity contribution >= 4 is 32.6 Å². The van der Waals surface area contributed by atoms with Crippen LogP contribution in [-0.4, -0.2) is 49.1 Å². The van der Waals surface area contributed by atoms with Crippen molar-refractivity contribution in [3.63, 3.8) is 0 Å². The lowest BCUT2D eigenvalue weighted by Crippen LogP contribution is -2.48. The van der Waals surface area contributed by atoms with Gasteiger partial charge in [-0.1, -0.05) is 35.6 Å². The number of rotatable bonds is 3. The molecule has 1 aliphatic rings. The van der Waals surface area contributed by atoms with Crippen molar-refractivity contribution in [3.8, 4) is 5.75 Å². The van der Waals surface area contributed by atoms with E-state index in [0.29, 0.717) is 13.1 Å². The lowest BCUT2D eigenvalue weighted by molar-refractivity contribution is 0.0746. The second-order valence-corrected chi connectivity index (χ2v) is 7.83. The van der Waals surface area contributed by atoms with Crippen LogP contribution in [0.25, 0.3) is 10.2 Å². The zero-order valence-corrected chi connectivity index (χ0v) is 16.7. The maximum Gasteiger partial charge on any atom is 0.254 e. The van der Waals surface area contributed by atoms with Gasteiger partial charge in [0.2, 0.25) is 0 Å². The zero-order chi connectivity index (χ0) is 19.0. The molecular weight excluding hydrogens is 358 g/mol. The van der Waals surface area contributed by atoms with E-state index in [-0.39, 0.29) is 5.91 Å². The highest BCUT2D eigenvalue weighted by Crippen LogP contribution is 2.36. The maximum atomic E-state index is 12.8. The second-order valence-electron chi connectivity index (χ2n) is 6.85. The molecule has 3 aromatic rings. The minimum absolute atomic E-state index is 0.120. The van der Waals surface area contributed by atoms with Crippen LogP contribution in [0.2, 0.25) is 0 Å². The monoisotopic (exact) mass is 381 g/mol. The van der Waals surface area contributed by atoms with Gasteiger partial charge in [-0.15, -0.1) is 0 Å². The summed E-state index contributed by atoms with van der Waals surface area (Å²) >= 11 is 1.70. The predicted molar refractivity (Wildman–Crippen MR) is 110 cm³/mol. The fraction of sp³-hybridized carbons (Fsp3) is 0.333. The number of hydrogen-bond donors (Lipinski definition) is 0. The first-order chi connectivity index (χ1) is 13.1. The molecule has 0 saturated carbocycles. The summed E-state index contributed by atoms with van der Waals surface area (Å²) in [6, 6.07) is 11.8. The number of amides is 1. The molecule has 1 amide bonds. The molecule has 0 bridgehead atoms. The van der Waals surface area contributed by atoms with Gasteiger partial charge in [0.15, 0.2) is 5.13 Å². The number of methoxy groups -OCH3 is 1. The first kappa shape index (κ1) is 17.8. The number of thiazole rings is 1. The molecule has 1 aromatic heterocycles. The first-order valence-corrected chi connectivity index (χ1v) is 9.94. The van der Waals surface area contributed by atoms with Gasteiger partial charge in [-0.05, 0) is 37.1 Å². The van der Waals surface area contributed by atoms with Gasteiger partial charge < -0.3 is 14.5 Å². The molecule has 0 spiro atoms. The van der Waals surface area contributed by atoms with Crippen LogP contribution in [0.5, 0.6) is 5.75 Å². The highest BCUT2D eigenvalue weighted by Gasteiger charge is 2.25. The Bertz CT molecular complexity index is 990. The number of carbonyl (C=O) groups is 1. The first-order valence-electron chi connectivity index (χ1n) is 9.12. The molecule has 1 saturated heterocycles. The average Bonchev–Trinajstić information content (AvgIpc) is 3.15. The Labute approximate surface area is 163 Å². The molecule has 0 atom stereocenters. The van der Waals surface area contributed by atoms with E-state index in [9.17, 15) is 4.79 Å². The molecule has 2 aromatic carbocycles. The minimum Gasteiger partial charge on any atom is -0.494 e. The second kappa shape index (κ2) is 7.19. The zero-order valence-electron chi connectivity index (χ0n) is 15.9. The van der Waals surface area contributed by atoms with Crippen molar-refractivity contribution in [1.29, 1.82) is 0 Å². The third kappa shape index (κ3) is 3.25. The Kier molecular flexibility index (Phi) is 4.74. The number of nitrogens with zero attached hydrogens (tertiary/aromatic N) is 3. The van der Waals surface area contributed by atoms with Crippen LogP contribution in [0, 0.1) is 13.8 Å². The Morgan fingerprint density at radius 2 is 1.78 bits per heavy atom. The number of fused-ring (bicyclic) bond motifs is 1. The molecule has 4 rings (SSSR count). The number of ether oxygens (including phenoxy) is 1. The van der Waals surface area contributed by atoms with Gasteiger partial charge in [0.05, 0.1) is 11.8 Å². The van der Waals surface area contributed by atoms with E-state index in [0.717, 1.165) is 40.6 Å². The molecule has 6 heteroatoms. The Balaban J connectivity index is 1.51. The molecule has 0 unspecified atom stereocenters. The molecule has 0 radical (unpaired) electrons. The van der Waals surface area contributed by atoms with Gasteiger partial charge in [-0.2, -0.15) is 0 Å². The van der Waals surface area contributed by atoms with Crippen molar-refractivity contribution in [2.24, 2.45) is 0 Å². The van der Waals surface area contributed by atoms with E-state index in [1.807, 2.05) is 42.2 Å². The lowest BCUT2D eigenvalue weighted by atomic mass is 10.1. The number of hydrogen-bond acceptors (Lipinski definition) is 5. The van der Waals surface area contributed by atoms with Crippen molar-refractivity contribution in [2.75, 3.05) is 38.2 Å². The Morgan fingerprint density at radius 1 is 1.04 bits per heavy atom. The van der Waals surface area contributed by atoms with Gasteiger partial charge in [0, 0.05) is 31.7 Å². The van der Waals surface area contributed by atoms with E-state index >= 15 is 0 Å². The molecule has 0 aliphatic carbocycles. The number of piperazine rings is 1. The molecule has 2 heterocycles. The number of benzene rings is 2. The summed E-state index contributed by atoms with van der Waals surface area (Å²) in [5, 5.41) is 1.00. The van der Waals surface area contributed by atoms with Crippen LogP contribution in [-0.2, 0) is 0 Å². The van der Waals surface area contributed by atoms with E-state index in [2.05, 4.69) is 17.9 Å². The number of aromatic nitrogens is 1. The fourth-order valence-corrected chi connectivity index (χ4v) is 4.59. The van der Waals surface area contributed by atoms with E-state index < -0.39 is 0 Å². The summed E-state index contributed by atoms with van der Waals surface area (Å²) in [7, 11) is 1.68. The van der Waals surface area contributed by atoms with Crippen LogP contribution in [0.15, 0.2) is 36.4 Å². The van der Waals surface area contributed by atoms with Crippen LogP contribution >= 0.6 is 11.3 Å². The van der Waals surface area contributed by atoms with Crippen LogP contribution in [0.1, 0.15) is 21.5 Å². The standard InChI is InChI=1S/C21H23N3O2S/c1-14-6-4-5-7-16(14)20(25)23-10-12-24(13-11-23)21-22-18-17(26-3)9-8-15(2)19(18)27-21/h4-9H,10-13H2,1-3H3. The Hall–Kier alpha value is -2.60. The number of aryl methyl sites for hydroxylation is 2. The molecule has 5 nitrogen and oxygen atoms in total. The maximum absolute atomic E-state index is 12.8. The lowest BCUT2D eigenvalue weighted by Gasteiger charge is -2.34. The van der Waals surface area contributed by atoms with Gasteiger partial charge in [-0.3, -0.25) is 4.79 Å². The summed E-state index contributed by atoms with van der Waals surface area (Å²) in [5.74, 6) is 0.932. The van der Waals surface area contributed by atoms with Gasteiger partial charge in [0.25, 0.3) is 5.91 Å². The predicted octanol–water partition coefficient (Wildman–Crippen LogP) is 3.88. The third-order valence-corrected chi connectivity index (χ3v) is 6.38. The third-order valence-electron chi connectivity index (χ3n) is 5.12. The van der Waals surface area contributed by atoms with E-state index in [1.165, 1.54) is 10.3 Å². The quantitative estimate of drug-likeness (QED) is 0.691. The van der Waals surface area contributed by atoms with Crippen LogP contribution < -0.4 is 9.64 Å². The van der Waals surface area contributed by atoms with Crippen LogP contribution in [0.3, 0.4) is 0 Å². The Morgan fingerprint density at radius 3 is 2.48 bits per heavy atom. The smallest absolute Gasteiger partial charge is 0.254 e. The fourth-order valence-electron chi connectivity index (χ4n) is 3.48. The van der Waals surface area contributed by atoms with E-state index in [4.69, 9.17) is 9.72 Å². The summed E-state index contributed by atoms with van der Waals surface area (Å²) in [4.78, 5) is 21.8. The van der Waals surface area contributed by atoms with Crippen molar-refractivity contribution in [2.45, 2.75) is 13.8 Å². The van der Waals surface area contributed by atoms with E-state index in [1.54, 1.807) is 18.4 Å². The van der Waals surface area contributed by atoms with Gasteiger partial charge in [-0.25, -0.2) is 4.98 Å². The number of carbonyl (C=O) groups excluding carboxylic acids is 1. The largest absolute Gasteiger partial charge is 0.494 e. The highest BCUT2D eigenvalue weighted by atomic mass is 32.1.